The predicted molar refractivity (Wildman–Crippen MR) is 84.7 cm³/mol. The van der Waals surface area contributed by atoms with E-state index in [0.29, 0.717) is 5.92 Å². The summed E-state index contributed by atoms with van der Waals surface area (Å²) in [4.78, 5) is 11.5. The maximum atomic E-state index is 11.5. The highest BCUT2D eigenvalue weighted by atomic mass is 16.2. The van der Waals surface area contributed by atoms with E-state index in [0.717, 1.165) is 11.5 Å². The number of nitrogens with zero attached hydrogens (tertiary/aromatic N) is 3. The number of anilines is 1. The Morgan fingerprint density at radius 3 is 2.82 bits per heavy atom. The van der Waals surface area contributed by atoms with Crippen molar-refractivity contribution in [3.8, 4) is 0 Å². The van der Waals surface area contributed by atoms with Gasteiger partial charge in [-0.3, -0.25) is 0 Å². The van der Waals surface area contributed by atoms with Crippen molar-refractivity contribution in [2.45, 2.75) is 25.2 Å². The molecule has 1 aliphatic rings. The van der Waals surface area contributed by atoms with Crippen LogP contribution in [-0.4, -0.2) is 27.8 Å². The van der Waals surface area contributed by atoms with Crippen molar-refractivity contribution >= 4 is 11.7 Å². The first kappa shape index (κ1) is 14.6. The van der Waals surface area contributed by atoms with Crippen LogP contribution in [0.3, 0.4) is 0 Å². The Bertz CT molecular complexity index is 662. The summed E-state index contributed by atoms with van der Waals surface area (Å²) in [5, 5.41) is 13.7. The lowest BCUT2D eigenvalue weighted by Crippen LogP contribution is -2.25. The smallest absolute Gasteiger partial charge is 0.318 e. The molecule has 116 valence electrons. The van der Waals surface area contributed by atoms with E-state index in [1.54, 1.807) is 13.4 Å². The van der Waals surface area contributed by atoms with E-state index >= 15 is 0 Å². The summed E-state index contributed by atoms with van der Waals surface area (Å²) in [6.45, 7) is 0. The monoisotopic (exact) mass is 299 g/mol. The van der Waals surface area contributed by atoms with Gasteiger partial charge in [-0.05, 0) is 36.5 Å². The van der Waals surface area contributed by atoms with Crippen LogP contribution in [0.1, 0.15) is 36.6 Å². The van der Waals surface area contributed by atoms with Gasteiger partial charge in [-0.1, -0.05) is 18.6 Å². The number of rotatable bonds is 4. The molecule has 2 aromatic rings. The molecule has 0 unspecified atom stereocenters. The molecule has 1 aromatic carbocycles. The third-order valence-electron chi connectivity index (χ3n) is 4.38. The van der Waals surface area contributed by atoms with Crippen molar-refractivity contribution in [1.82, 2.24) is 20.1 Å². The quantitative estimate of drug-likeness (QED) is 0.911. The van der Waals surface area contributed by atoms with Crippen LogP contribution in [0.15, 0.2) is 30.6 Å². The number of hydrogen-bond acceptors (Lipinski definition) is 3. The van der Waals surface area contributed by atoms with Gasteiger partial charge in [0.1, 0.15) is 12.2 Å². The Balaban J connectivity index is 1.93. The molecular weight excluding hydrogens is 278 g/mol. The van der Waals surface area contributed by atoms with Crippen molar-refractivity contribution in [3.63, 3.8) is 0 Å². The Kier molecular flexibility index (Phi) is 4.09. The molecule has 0 bridgehead atoms. The molecule has 6 heteroatoms. The highest BCUT2D eigenvalue weighted by Gasteiger charge is 2.32. The van der Waals surface area contributed by atoms with Gasteiger partial charge in [-0.2, -0.15) is 0 Å². The number of aryl methyl sites for hydroxylation is 1. The number of hydrogen-bond donors (Lipinski definition) is 2. The van der Waals surface area contributed by atoms with Crippen molar-refractivity contribution in [1.29, 1.82) is 0 Å². The standard InChI is InChI=1S/C16H21N5O/c1-17-16(22)19-13-8-4-7-12(9-13)14(11-5-3-6-11)15-20-18-10-21(15)2/h4,7-11,14H,3,5-6H2,1-2H3,(H2,17,19,22)/t14-/m1/s1. The number of carbonyl (C=O) groups excluding carboxylic acids is 1. The third-order valence-corrected chi connectivity index (χ3v) is 4.38. The summed E-state index contributed by atoms with van der Waals surface area (Å²) >= 11 is 0. The van der Waals surface area contributed by atoms with Gasteiger partial charge >= 0.3 is 6.03 Å². The zero-order chi connectivity index (χ0) is 15.5. The first-order valence-electron chi connectivity index (χ1n) is 7.61. The summed E-state index contributed by atoms with van der Waals surface area (Å²) in [5.74, 6) is 1.81. The van der Waals surface area contributed by atoms with Gasteiger partial charge in [0.2, 0.25) is 0 Å². The molecule has 1 fully saturated rings. The van der Waals surface area contributed by atoms with E-state index in [1.165, 1.54) is 24.8 Å². The van der Waals surface area contributed by atoms with Gasteiger partial charge < -0.3 is 15.2 Å². The molecule has 0 saturated heterocycles. The number of carbonyl (C=O) groups is 1. The lowest BCUT2D eigenvalue weighted by Gasteiger charge is -2.33. The zero-order valence-electron chi connectivity index (χ0n) is 12.9. The summed E-state index contributed by atoms with van der Waals surface area (Å²) < 4.78 is 1.99. The molecular formula is C16H21N5O. The molecule has 6 nitrogen and oxygen atoms in total. The fourth-order valence-electron chi connectivity index (χ4n) is 2.98. The minimum absolute atomic E-state index is 0.212. The molecule has 1 heterocycles. The normalized spacial score (nSPS) is 15.9. The topological polar surface area (TPSA) is 71.8 Å². The van der Waals surface area contributed by atoms with Crippen LogP contribution in [-0.2, 0) is 7.05 Å². The van der Waals surface area contributed by atoms with Crippen LogP contribution in [0.5, 0.6) is 0 Å². The van der Waals surface area contributed by atoms with Gasteiger partial charge in [-0.25, -0.2) is 4.79 Å². The van der Waals surface area contributed by atoms with Crippen LogP contribution in [0, 0.1) is 5.92 Å². The molecule has 0 radical (unpaired) electrons. The molecule has 0 aliphatic heterocycles. The average molecular weight is 299 g/mol. The lowest BCUT2D eigenvalue weighted by atomic mass is 9.72. The Labute approximate surface area is 129 Å². The van der Waals surface area contributed by atoms with E-state index in [4.69, 9.17) is 0 Å². The second-order valence-corrected chi connectivity index (χ2v) is 5.80. The maximum Gasteiger partial charge on any atom is 0.318 e. The minimum atomic E-state index is -0.212. The second-order valence-electron chi connectivity index (χ2n) is 5.80. The third kappa shape index (κ3) is 2.81. The fourth-order valence-corrected chi connectivity index (χ4v) is 2.98. The van der Waals surface area contributed by atoms with Crippen LogP contribution in [0.4, 0.5) is 10.5 Å². The summed E-state index contributed by atoms with van der Waals surface area (Å²) in [5.41, 5.74) is 1.97. The molecule has 1 saturated carbocycles. The van der Waals surface area contributed by atoms with Gasteiger partial charge in [-0.15, -0.1) is 10.2 Å². The number of benzene rings is 1. The Morgan fingerprint density at radius 2 is 2.23 bits per heavy atom. The summed E-state index contributed by atoms with van der Waals surface area (Å²) in [6, 6.07) is 7.80. The van der Waals surface area contributed by atoms with E-state index < -0.39 is 0 Å². The van der Waals surface area contributed by atoms with E-state index in [2.05, 4.69) is 26.9 Å². The van der Waals surface area contributed by atoms with Crippen LogP contribution in [0.2, 0.25) is 0 Å². The molecule has 2 amide bonds. The molecule has 0 spiro atoms. The van der Waals surface area contributed by atoms with Crippen molar-refractivity contribution in [3.05, 3.63) is 42.0 Å². The van der Waals surface area contributed by atoms with Gasteiger partial charge in [0.15, 0.2) is 0 Å². The Morgan fingerprint density at radius 1 is 1.41 bits per heavy atom. The minimum Gasteiger partial charge on any atom is -0.341 e. The average Bonchev–Trinajstić information content (AvgIpc) is 2.88. The van der Waals surface area contributed by atoms with Crippen LogP contribution in [0.25, 0.3) is 0 Å². The second kappa shape index (κ2) is 6.17. The highest BCUT2D eigenvalue weighted by molar-refractivity contribution is 5.89. The summed E-state index contributed by atoms with van der Waals surface area (Å²) in [6.07, 6.45) is 5.44. The Hall–Kier alpha value is -2.37. The molecule has 1 aromatic heterocycles. The SMILES string of the molecule is CNC(=O)Nc1cccc([C@H](c2nncn2C)C2CCC2)c1. The van der Waals surface area contributed by atoms with Gasteiger partial charge in [0.05, 0.1) is 0 Å². The molecule has 3 rings (SSSR count). The molecule has 22 heavy (non-hydrogen) atoms. The van der Waals surface area contributed by atoms with Gasteiger partial charge in [0.25, 0.3) is 0 Å². The highest BCUT2D eigenvalue weighted by Crippen LogP contribution is 2.42. The van der Waals surface area contributed by atoms with E-state index in [-0.39, 0.29) is 11.9 Å². The first-order chi connectivity index (χ1) is 10.7. The number of aromatic nitrogens is 3. The van der Waals surface area contributed by atoms with Crippen molar-refractivity contribution < 1.29 is 4.79 Å². The summed E-state index contributed by atoms with van der Waals surface area (Å²) in [7, 11) is 3.59. The van der Waals surface area contributed by atoms with E-state index in [1.807, 2.05) is 29.8 Å². The predicted octanol–water partition coefficient (Wildman–Crippen LogP) is 2.50. The van der Waals surface area contributed by atoms with Crippen molar-refractivity contribution in [2.75, 3.05) is 12.4 Å². The van der Waals surface area contributed by atoms with Gasteiger partial charge in [0, 0.05) is 25.7 Å². The largest absolute Gasteiger partial charge is 0.341 e. The zero-order valence-corrected chi connectivity index (χ0v) is 12.9. The maximum absolute atomic E-state index is 11.5. The lowest BCUT2D eigenvalue weighted by molar-refractivity contribution is 0.254. The van der Waals surface area contributed by atoms with E-state index in [9.17, 15) is 4.79 Å². The number of urea groups is 1. The molecule has 1 aliphatic carbocycles. The molecule has 2 N–H and O–H groups in total. The molecule has 1 atom stereocenters. The van der Waals surface area contributed by atoms with Crippen LogP contribution < -0.4 is 10.6 Å². The van der Waals surface area contributed by atoms with Crippen molar-refractivity contribution in [2.24, 2.45) is 13.0 Å². The number of nitrogens with one attached hydrogen (secondary N) is 2. The number of amides is 2. The first-order valence-corrected chi connectivity index (χ1v) is 7.61. The van der Waals surface area contributed by atoms with Crippen LogP contribution >= 0.6 is 0 Å². The fraction of sp³-hybridized carbons (Fsp3) is 0.438.